The number of nitrogens with zero attached hydrogens (tertiary/aromatic N) is 13. The number of aromatic carboxylic acids is 1. The highest BCUT2D eigenvalue weighted by Crippen LogP contribution is 2.43. The number of ether oxygens (including phenoxy) is 2. The van der Waals surface area contributed by atoms with Gasteiger partial charge >= 0.3 is 36.7 Å². The van der Waals surface area contributed by atoms with E-state index in [1.807, 2.05) is 26.8 Å². The van der Waals surface area contributed by atoms with Gasteiger partial charge in [0.05, 0.1) is 79.7 Å². The molecule has 0 spiro atoms. The molecule has 698 valence electrons. The van der Waals surface area contributed by atoms with Crippen molar-refractivity contribution in [2.75, 3.05) is 52.4 Å². The average molecular weight is 1890 g/mol. The Labute approximate surface area is 756 Å². The van der Waals surface area contributed by atoms with Crippen LogP contribution >= 0.6 is 28.3 Å². The molecular weight excluding hydrogens is 1780 g/mol. The van der Waals surface area contributed by atoms with Crippen molar-refractivity contribution in [1.82, 2.24) is 49.9 Å². The molecule has 8 aromatic rings. The highest BCUT2D eigenvalue weighted by molar-refractivity contribution is 9.08. The van der Waals surface area contributed by atoms with Crippen LogP contribution in [0, 0.1) is 97.7 Å². The number of benzene rings is 4. The lowest BCUT2D eigenvalue weighted by Crippen LogP contribution is -2.45. The van der Waals surface area contributed by atoms with Gasteiger partial charge in [-0.3, -0.25) is 14.8 Å². The van der Waals surface area contributed by atoms with Crippen molar-refractivity contribution in [3.8, 4) is 47.1 Å². The summed E-state index contributed by atoms with van der Waals surface area (Å²) >= 11 is 3.20. The summed E-state index contributed by atoms with van der Waals surface area (Å²) in [7, 11) is 0. The van der Waals surface area contributed by atoms with Crippen LogP contribution in [0.15, 0.2) is 147 Å². The molecule has 0 bridgehead atoms. The first-order valence-electron chi connectivity index (χ1n) is 38.0. The van der Waals surface area contributed by atoms with Gasteiger partial charge < -0.3 is 34.6 Å². The molecule has 4 fully saturated rings. The van der Waals surface area contributed by atoms with E-state index in [9.17, 15) is 92.0 Å². The quantitative estimate of drug-likeness (QED) is 0.0898. The van der Waals surface area contributed by atoms with Crippen molar-refractivity contribution in [2.24, 2.45) is 22.2 Å². The molecule has 0 unspecified atom stereocenters. The number of piperidine rings is 4. The van der Waals surface area contributed by atoms with Crippen LogP contribution in [0.25, 0.3) is 22.8 Å². The van der Waals surface area contributed by atoms with Crippen molar-refractivity contribution < 1.29 is 90.8 Å². The highest BCUT2D eigenvalue weighted by Gasteiger charge is 2.44. The summed E-state index contributed by atoms with van der Waals surface area (Å²) in [5.41, 5.74) is -4.61. The normalized spacial score (nSPS) is 14.8. The number of rotatable bonds is 11. The Morgan fingerprint density at radius 1 is 0.469 bits per heavy atom. The minimum Gasteiger partial charge on any atom is -0.478 e. The van der Waals surface area contributed by atoms with Crippen LogP contribution in [0.1, 0.15) is 203 Å². The molecule has 4 aliphatic heterocycles. The van der Waals surface area contributed by atoms with Gasteiger partial charge in [-0.15, -0.1) is 12.4 Å². The Bertz CT molecular complexity index is 5030. The molecule has 21 nitrogen and oxygen atoms in total. The number of carbonyl (C=O) groups is 4. The Hall–Kier alpha value is -11.4. The zero-order valence-corrected chi connectivity index (χ0v) is 69.9. The first-order chi connectivity index (χ1) is 56.9. The highest BCUT2D eigenvalue weighted by atomic mass is 79.9. The topological polar surface area (TPSA) is 301 Å². The average Bonchev–Trinajstić information content (AvgIpc) is 0.787. The predicted molar refractivity (Wildman–Crippen MR) is 469 cm³/mol. The molecule has 4 aromatic carbocycles. The molecule has 12 rings (SSSR count). The number of hydrogen-bond donors (Lipinski definition) is 2. The SMILES string of the molecule is C.C.C.C.C.C.CC(C)(C)OC(=O)N1CCC(C#N)(Cc2cccc(C(F)(F)F)c2F)CC1.CC(C)(C)OC(=O)N1CCC(C#N)CC1.Cc1cccc(CBr)c1F.Cl.N#CC1(Cc2cccc(C(F)(F)F)c2F)CCN(C(=O)c2cccnc2-c2ccncn2)CC1.N#CC1(Cc2cccc(C(F)(F)F)c2F)CCNCC1.O=C(O)c1cccnc1-c1ccncn1. The fourth-order valence-corrected chi connectivity index (χ4v) is 13.7. The molecule has 8 heterocycles. The van der Waals surface area contributed by atoms with Gasteiger partial charge in [-0.2, -0.15) is 60.6 Å². The second-order valence-corrected chi connectivity index (χ2v) is 31.5. The summed E-state index contributed by atoms with van der Waals surface area (Å²) < 4.78 is 182. The third-order valence-corrected chi connectivity index (χ3v) is 20.5. The van der Waals surface area contributed by atoms with Gasteiger partial charge in [0.25, 0.3) is 5.91 Å². The molecule has 3 amide bonds. The fraction of sp³-hybridized carbons (Fsp3) is 0.457. The lowest BCUT2D eigenvalue weighted by Gasteiger charge is -2.38. The van der Waals surface area contributed by atoms with E-state index >= 15 is 0 Å². The van der Waals surface area contributed by atoms with Crippen molar-refractivity contribution in [3.05, 3.63) is 226 Å². The zero-order chi connectivity index (χ0) is 89.3. The van der Waals surface area contributed by atoms with E-state index in [0.717, 1.165) is 36.6 Å². The Morgan fingerprint density at radius 3 is 1.14 bits per heavy atom. The van der Waals surface area contributed by atoms with Gasteiger partial charge in [-0.1, -0.05) is 115 Å². The second-order valence-electron chi connectivity index (χ2n) is 30.9. The zero-order valence-electron chi connectivity index (χ0n) is 67.5. The lowest BCUT2D eigenvalue weighted by atomic mass is 9.74. The fourth-order valence-electron chi connectivity index (χ4n) is 13.3. The van der Waals surface area contributed by atoms with E-state index in [1.54, 1.807) is 98.5 Å². The van der Waals surface area contributed by atoms with Crippen molar-refractivity contribution in [3.63, 3.8) is 0 Å². The van der Waals surface area contributed by atoms with Gasteiger partial charge in [0.2, 0.25) is 0 Å². The molecule has 0 saturated carbocycles. The number of nitrogens with one attached hydrogen (secondary N) is 1. The van der Waals surface area contributed by atoms with Crippen LogP contribution in [-0.4, -0.2) is 137 Å². The summed E-state index contributed by atoms with van der Waals surface area (Å²) in [6, 6.07) is 33.1. The van der Waals surface area contributed by atoms with Crippen LogP contribution in [0.4, 0.5) is 66.7 Å². The van der Waals surface area contributed by atoms with Crippen LogP contribution in [0.5, 0.6) is 0 Å². The third kappa shape index (κ3) is 33.3. The number of halogens is 15. The minimum absolute atomic E-state index is 0. The molecule has 2 N–H and O–H groups in total. The largest absolute Gasteiger partial charge is 0.478 e. The summed E-state index contributed by atoms with van der Waals surface area (Å²) in [6.07, 6.45) is -3.08. The summed E-state index contributed by atoms with van der Waals surface area (Å²) in [5.74, 6) is -5.26. The van der Waals surface area contributed by atoms with Crippen LogP contribution in [0.2, 0.25) is 0 Å². The number of amides is 3. The summed E-state index contributed by atoms with van der Waals surface area (Å²) in [5, 5.41) is 50.1. The number of carbonyl (C=O) groups excluding carboxylic acids is 3. The molecular formula is C92H113BrClF13N14O7. The maximum Gasteiger partial charge on any atom is 0.419 e. The third-order valence-electron chi connectivity index (χ3n) is 19.9. The number of pyridine rings is 2. The minimum atomic E-state index is -4.82. The molecule has 4 aliphatic rings. The number of hydrogen-bond acceptors (Lipinski definition) is 17. The van der Waals surface area contributed by atoms with E-state index in [1.165, 1.54) is 54.1 Å². The number of likely N-dealkylation sites (tertiary alicyclic amines) is 3. The van der Waals surface area contributed by atoms with Crippen molar-refractivity contribution >= 4 is 52.4 Å². The number of carboxylic acid groups (broad SMARTS) is 1. The van der Waals surface area contributed by atoms with E-state index in [0.29, 0.717) is 90.4 Å². The second kappa shape index (κ2) is 51.6. The van der Waals surface area contributed by atoms with Crippen LogP contribution in [-0.2, 0) is 52.6 Å². The van der Waals surface area contributed by atoms with Gasteiger partial charge in [0.15, 0.2) is 0 Å². The van der Waals surface area contributed by atoms with E-state index in [-0.39, 0.29) is 174 Å². The molecule has 0 atom stereocenters. The first kappa shape index (κ1) is 117. The molecule has 36 heteroatoms. The monoisotopic (exact) mass is 1890 g/mol. The molecule has 0 radical (unpaired) electrons. The molecule has 128 heavy (non-hydrogen) atoms. The van der Waals surface area contributed by atoms with Gasteiger partial charge in [0, 0.05) is 75.3 Å². The number of alkyl halides is 10. The van der Waals surface area contributed by atoms with E-state index in [2.05, 4.69) is 75.4 Å². The number of aromatic nitrogens is 6. The standard InChI is InChI=1S/C24H19F4N5O.C19H22F4N2O2.C14H14F4N2.C11H18N2O2.C10H7N3O2.C8H8BrF.6CH4.ClH/c25-20-16(3-1-5-18(20)24(26,27)28)13-23(14-29)7-11-33(12-8-23)22(34)17-4-2-9-31-21(17)19-6-10-30-15-32-19;1-17(2,3)27-16(26)25-9-7-18(12-24,8-10-25)11-13-5-4-6-14(15(13)20)19(21,22)23;15-12-10(2-1-3-11(12)14(16,17)18)8-13(9-19)4-6-20-7-5-13;1-11(2,3)15-10(14)13-6-4-9(8-12)5-7-13;14-10(15)7-2-1-4-12-9(7)8-3-5-11-6-13-8;1-6-3-2-4-7(5-9)8(6)10;;;;;;;/h1-6,9-10,15H,7-8,11-13H2;4-6H,7-11H2,1-3H3;1-3,20H,4-8H2;9H,4-7H2,1-3H3;1-6H,(H,14,15);2-4H,5H2,1H3;6*1H4;1H. The summed E-state index contributed by atoms with van der Waals surface area (Å²) in [6.45, 7) is 15.9. The Morgan fingerprint density at radius 2 is 0.812 bits per heavy atom. The Balaban J connectivity index is 0.00000155. The van der Waals surface area contributed by atoms with Gasteiger partial charge in [0.1, 0.15) is 58.5 Å². The maximum atomic E-state index is 14.6. The van der Waals surface area contributed by atoms with Crippen LogP contribution in [0.3, 0.4) is 0 Å². The number of nitriles is 4. The predicted octanol–water partition coefficient (Wildman–Crippen LogP) is 23.6. The first-order valence-corrected chi connectivity index (χ1v) is 39.2. The molecule has 4 aromatic heterocycles. The molecule has 4 saturated heterocycles. The maximum absolute atomic E-state index is 14.6. The van der Waals surface area contributed by atoms with Crippen LogP contribution < -0.4 is 5.32 Å². The van der Waals surface area contributed by atoms with Gasteiger partial charge in [-0.05, 0) is 215 Å². The van der Waals surface area contributed by atoms with E-state index in [4.69, 9.17) is 19.8 Å². The number of aryl methyl sites for hydroxylation is 1. The molecule has 0 aliphatic carbocycles. The van der Waals surface area contributed by atoms with Crippen molar-refractivity contribution in [2.45, 2.75) is 199 Å². The smallest absolute Gasteiger partial charge is 0.419 e. The van der Waals surface area contributed by atoms with E-state index < -0.39 is 92.2 Å². The lowest BCUT2D eigenvalue weighted by molar-refractivity contribution is -0.141. The summed E-state index contributed by atoms with van der Waals surface area (Å²) in [4.78, 5) is 76.6. The van der Waals surface area contributed by atoms with Gasteiger partial charge in [-0.25, -0.2) is 51.9 Å². The number of carboxylic acids is 1. The van der Waals surface area contributed by atoms with Crippen molar-refractivity contribution in [1.29, 1.82) is 21.0 Å². The Kier molecular flexibility index (Phi) is 47.0.